The fraction of sp³-hybridized carbons (Fsp3) is 0.300. The number of benzene rings is 1. The molecule has 0 bridgehead atoms. The van der Waals surface area contributed by atoms with Crippen LogP contribution in [0, 0.1) is 6.92 Å². The van der Waals surface area contributed by atoms with Crippen molar-refractivity contribution in [1.29, 1.82) is 0 Å². The number of aliphatic carboxylic acids is 1. The molecule has 1 aromatic carbocycles. The second-order valence-corrected chi connectivity index (χ2v) is 7.47. The Morgan fingerprint density at radius 2 is 2.17 bits per heavy atom. The number of carbonyl (C=O) groups excluding carboxylic acids is 2. The molecule has 0 saturated carbocycles. The van der Waals surface area contributed by atoms with Crippen LogP contribution in [0.1, 0.15) is 24.8 Å². The molecule has 2 aromatic heterocycles. The Bertz CT molecular complexity index is 1100. The largest absolute Gasteiger partial charge is 0.548 e. The van der Waals surface area contributed by atoms with E-state index in [4.69, 9.17) is 9.15 Å². The van der Waals surface area contributed by atoms with Crippen molar-refractivity contribution in [2.45, 2.75) is 32.7 Å². The average Bonchev–Trinajstić information content (AvgIpc) is 3.12. The molecule has 2 heterocycles. The van der Waals surface area contributed by atoms with Gasteiger partial charge >= 0.3 is 0 Å². The summed E-state index contributed by atoms with van der Waals surface area (Å²) in [6.07, 6.45) is 2.22. The number of thiazole rings is 1. The molecule has 0 aliphatic rings. The molecule has 1 atom stereocenters. The summed E-state index contributed by atoms with van der Waals surface area (Å²) in [7, 11) is 0. The SMILES string of the molecule is CCC[C@@H](NC(=O)COc1ccc2c(=O)c(-c3csc(C)n3)coc2c1)C(=O)[O-]. The molecule has 0 saturated heterocycles. The van der Waals surface area contributed by atoms with Crippen molar-refractivity contribution >= 4 is 34.2 Å². The zero-order valence-electron chi connectivity index (χ0n) is 15.9. The second-order valence-electron chi connectivity index (χ2n) is 6.40. The predicted molar refractivity (Wildman–Crippen MR) is 106 cm³/mol. The Labute approximate surface area is 170 Å². The van der Waals surface area contributed by atoms with Crippen LogP contribution in [0.5, 0.6) is 5.75 Å². The van der Waals surface area contributed by atoms with Gasteiger partial charge in [-0.3, -0.25) is 9.59 Å². The van der Waals surface area contributed by atoms with Gasteiger partial charge in [0.05, 0.1) is 33.7 Å². The summed E-state index contributed by atoms with van der Waals surface area (Å²) in [5, 5.41) is 16.4. The maximum Gasteiger partial charge on any atom is 0.258 e. The van der Waals surface area contributed by atoms with Gasteiger partial charge in [0.15, 0.2) is 6.61 Å². The Hall–Kier alpha value is -3.20. The number of carbonyl (C=O) groups is 2. The van der Waals surface area contributed by atoms with Crippen molar-refractivity contribution in [3.05, 3.63) is 45.1 Å². The molecule has 0 fully saturated rings. The summed E-state index contributed by atoms with van der Waals surface area (Å²) in [5.74, 6) is -1.60. The van der Waals surface area contributed by atoms with Gasteiger partial charge < -0.3 is 24.4 Å². The molecule has 1 N–H and O–H groups in total. The minimum atomic E-state index is -1.33. The van der Waals surface area contributed by atoms with Crippen LogP contribution in [0.25, 0.3) is 22.2 Å². The predicted octanol–water partition coefficient (Wildman–Crippen LogP) is 1.64. The van der Waals surface area contributed by atoms with E-state index in [1.807, 2.05) is 13.8 Å². The Kier molecular flexibility index (Phi) is 6.28. The lowest BCUT2D eigenvalue weighted by atomic mass is 10.1. The lowest BCUT2D eigenvalue weighted by Gasteiger charge is -2.19. The molecule has 9 heteroatoms. The summed E-state index contributed by atoms with van der Waals surface area (Å²) in [4.78, 5) is 39.9. The van der Waals surface area contributed by atoms with Crippen molar-refractivity contribution in [2.24, 2.45) is 0 Å². The van der Waals surface area contributed by atoms with Crippen LogP contribution in [0.3, 0.4) is 0 Å². The van der Waals surface area contributed by atoms with Crippen LogP contribution in [-0.4, -0.2) is 29.5 Å². The number of carboxylic acids is 1. The maximum absolute atomic E-state index is 12.7. The van der Waals surface area contributed by atoms with E-state index < -0.39 is 17.9 Å². The zero-order chi connectivity index (χ0) is 21.0. The fourth-order valence-electron chi connectivity index (χ4n) is 2.78. The van der Waals surface area contributed by atoms with E-state index in [2.05, 4.69) is 10.3 Å². The number of hydrogen-bond acceptors (Lipinski definition) is 8. The third kappa shape index (κ3) is 4.80. The van der Waals surface area contributed by atoms with E-state index in [0.717, 1.165) is 5.01 Å². The van der Waals surface area contributed by atoms with E-state index in [0.29, 0.717) is 34.4 Å². The number of aryl methyl sites for hydroxylation is 1. The summed E-state index contributed by atoms with van der Waals surface area (Å²) >= 11 is 1.44. The lowest BCUT2D eigenvalue weighted by Crippen LogP contribution is -2.49. The van der Waals surface area contributed by atoms with Gasteiger partial charge in [-0.25, -0.2) is 4.98 Å². The molecular weight excluding hydrogens is 396 g/mol. The van der Waals surface area contributed by atoms with Crippen molar-refractivity contribution in [2.75, 3.05) is 6.61 Å². The molecule has 0 spiro atoms. The molecular formula is C20H19N2O6S-. The molecule has 1 amide bonds. The number of ether oxygens (including phenoxy) is 1. The Morgan fingerprint density at radius 1 is 1.38 bits per heavy atom. The molecule has 3 rings (SSSR count). The van der Waals surface area contributed by atoms with Crippen LogP contribution in [0.15, 0.2) is 39.1 Å². The van der Waals surface area contributed by atoms with Crippen LogP contribution in [-0.2, 0) is 9.59 Å². The maximum atomic E-state index is 12.7. The average molecular weight is 415 g/mol. The van der Waals surface area contributed by atoms with Crippen molar-refractivity contribution in [1.82, 2.24) is 10.3 Å². The molecule has 0 aliphatic carbocycles. The van der Waals surface area contributed by atoms with E-state index in [9.17, 15) is 19.5 Å². The first-order valence-corrected chi connectivity index (χ1v) is 9.88. The smallest absolute Gasteiger partial charge is 0.258 e. The molecule has 0 aliphatic heterocycles. The molecule has 3 aromatic rings. The standard InChI is InChI=1S/C20H20N2O6S/c1-3-4-15(20(25)26)22-18(23)9-27-12-5-6-13-17(7-12)28-8-14(19(13)24)16-10-29-11(2)21-16/h5-8,10,15H,3-4,9H2,1-2H3,(H,22,23)(H,25,26)/p-1/t15-/m1/s1. The van der Waals surface area contributed by atoms with Crippen LogP contribution >= 0.6 is 11.3 Å². The number of fused-ring (bicyclic) bond motifs is 1. The summed E-state index contributed by atoms with van der Waals surface area (Å²) in [6.45, 7) is 3.29. The molecule has 29 heavy (non-hydrogen) atoms. The van der Waals surface area contributed by atoms with Crippen LogP contribution in [0.2, 0.25) is 0 Å². The first-order valence-electron chi connectivity index (χ1n) is 9.00. The highest BCUT2D eigenvalue weighted by atomic mass is 32.1. The van der Waals surface area contributed by atoms with E-state index >= 15 is 0 Å². The third-order valence-corrected chi connectivity index (χ3v) is 4.98. The minimum Gasteiger partial charge on any atom is -0.548 e. The lowest BCUT2D eigenvalue weighted by molar-refractivity contribution is -0.308. The highest BCUT2D eigenvalue weighted by Crippen LogP contribution is 2.24. The first-order chi connectivity index (χ1) is 13.9. The van der Waals surface area contributed by atoms with Crippen molar-refractivity contribution < 1.29 is 23.8 Å². The molecule has 8 nitrogen and oxygen atoms in total. The Balaban J connectivity index is 1.72. The van der Waals surface area contributed by atoms with Gasteiger partial charge in [-0.2, -0.15) is 0 Å². The van der Waals surface area contributed by atoms with Gasteiger partial charge in [-0.1, -0.05) is 13.3 Å². The van der Waals surface area contributed by atoms with Crippen LogP contribution < -0.4 is 20.6 Å². The summed E-state index contributed by atoms with van der Waals surface area (Å²) in [6, 6.07) is 3.55. The number of nitrogens with zero attached hydrogens (tertiary/aromatic N) is 1. The van der Waals surface area contributed by atoms with Gasteiger partial charge in [0.1, 0.15) is 17.6 Å². The highest BCUT2D eigenvalue weighted by molar-refractivity contribution is 7.09. The van der Waals surface area contributed by atoms with Gasteiger partial charge in [0.25, 0.3) is 5.91 Å². The number of hydrogen-bond donors (Lipinski definition) is 1. The number of aromatic nitrogens is 1. The number of amides is 1. The Morgan fingerprint density at radius 3 is 2.83 bits per heavy atom. The zero-order valence-corrected chi connectivity index (χ0v) is 16.7. The number of rotatable bonds is 8. The molecule has 0 unspecified atom stereocenters. The molecule has 0 radical (unpaired) electrons. The quantitative estimate of drug-likeness (QED) is 0.593. The van der Waals surface area contributed by atoms with Crippen LogP contribution in [0.4, 0.5) is 0 Å². The first kappa shape index (κ1) is 20.5. The monoisotopic (exact) mass is 415 g/mol. The van der Waals surface area contributed by atoms with Gasteiger partial charge in [-0.15, -0.1) is 11.3 Å². The second kappa shape index (κ2) is 8.87. The van der Waals surface area contributed by atoms with Crippen molar-refractivity contribution in [3.63, 3.8) is 0 Å². The highest BCUT2D eigenvalue weighted by Gasteiger charge is 2.15. The van der Waals surface area contributed by atoms with Gasteiger partial charge in [-0.05, 0) is 25.5 Å². The van der Waals surface area contributed by atoms with E-state index in [1.54, 1.807) is 17.5 Å². The van der Waals surface area contributed by atoms with E-state index in [-0.39, 0.29) is 18.5 Å². The molecule has 152 valence electrons. The minimum absolute atomic E-state index is 0.211. The topological polar surface area (TPSA) is 122 Å². The van der Waals surface area contributed by atoms with Gasteiger partial charge in [0.2, 0.25) is 5.43 Å². The normalized spacial score (nSPS) is 11.9. The fourth-order valence-corrected chi connectivity index (χ4v) is 3.40. The third-order valence-electron chi connectivity index (χ3n) is 4.21. The number of nitrogens with one attached hydrogen (secondary N) is 1. The van der Waals surface area contributed by atoms with E-state index in [1.165, 1.54) is 23.7 Å². The number of carboxylic acid groups (broad SMARTS) is 1. The summed E-state index contributed by atoms with van der Waals surface area (Å²) < 4.78 is 11.0. The summed E-state index contributed by atoms with van der Waals surface area (Å²) in [5.41, 5.74) is 1.04. The van der Waals surface area contributed by atoms with Gasteiger partial charge in [0, 0.05) is 11.4 Å². The van der Waals surface area contributed by atoms with Crippen molar-refractivity contribution in [3.8, 4) is 17.0 Å².